The lowest BCUT2D eigenvalue weighted by molar-refractivity contribution is -0.130. The minimum atomic E-state index is -3.76. The van der Waals surface area contributed by atoms with Crippen LogP contribution in [0.3, 0.4) is 0 Å². The lowest BCUT2D eigenvalue weighted by atomic mass is 10.1. The highest BCUT2D eigenvalue weighted by molar-refractivity contribution is 7.86. The molecule has 0 bridgehead atoms. The first kappa shape index (κ1) is 17.1. The molecule has 122 valence electrons. The van der Waals surface area contributed by atoms with Gasteiger partial charge in [0.25, 0.3) is 10.2 Å². The number of carbonyl (C=O) groups excluding carboxylic acids is 1. The molecule has 0 aromatic heterocycles. The van der Waals surface area contributed by atoms with Crippen LogP contribution in [0.25, 0.3) is 0 Å². The Balaban J connectivity index is 2.05. The molecule has 1 aromatic rings. The standard InChI is InChI=1S/C13H17ClFN3O3S/c14-11-3-1-4-12(15)10(11)9-13(19)17-5-2-6-18(8-7-17)22(16,20)21/h1,3-4H,2,5-9H2,(H2,16,20,21). The molecular weight excluding hydrogens is 333 g/mol. The molecule has 0 atom stereocenters. The first-order chi connectivity index (χ1) is 10.3. The van der Waals surface area contributed by atoms with E-state index < -0.39 is 16.0 Å². The molecule has 9 heteroatoms. The molecular formula is C13H17ClFN3O3S. The van der Waals surface area contributed by atoms with Gasteiger partial charge in [0.2, 0.25) is 5.91 Å². The van der Waals surface area contributed by atoms with Crippen molar-refractivity contribution >= 4 is 27.7 Å². The Morgan fingerprint density at radius 2 is 2.00 bits per heavy atom. The van der Waals surface area contributed by atoms with Crippen LogP contribution in [-0.2, 0) is 21.4 Å². The summed E-state index contributed by atoms with van der Waals surface area (Å²) in [6, 6.07) is 4.25. The minimum Gasteiger partial charge on any atom is -0.341 e. The van der Waals surface area contributed by atoms with Gasteiger partial charge in [0.15, 0.2) is 0 Å². The number of hydrogen-bond donors (Lipinski definition) is 1. The maximum absolute atomic E-state index is 13.7. The molecule has 1 aliphatic heterocycles. The largest absolute Gasteiger partial charge is 0.341 e. The number of carbonyl (C=O) groups is 1. The molecule has 2 rings (SSSR count). The highest BCUT2D eigenvalue weighted by Gasteiger charge is 2.25. The van der Waals surface area contributed by atoms with Crippen molar-refractivity contribution in [1.29, 1.82) is 0 Å². The fourth-order valence-electron chi connectivity index (χ4n) is 2.36. The third kappa shape index (κ3) is 4.16. The van der Waals surface area contributed by atoms with Gasteiger partial charge in [-0.25, -0.2) is 9.53 Å². The Bertz CT molecular complexity index is 648. The van der Waals surface area contributed by atoms with Gasteiger partial charge in [0.1, 0.15) is 5.82 Å². The van der Waals surface area contributed by atoms with Crippen LogP contribution < -0.4 is 5.14 Å². The molecule has 1 fully saturated rings. The second-order valence-electron chi connectivity index (χ2n) is 5.06. The lowest BCUT2D eigenvalue weighted by Crippen LogP contribution is -2.40. The second-order valence-corrected chi connectivity index (χ2v) is 7.01. The number of benzene rings is 1. The number of hydrogen-bond acceptors (Lipinski definition) is 3. The Morgan fingerprint density at radius 3 is 2.64 bits per heavy atom. The summed E-state index contributed by atoms with van der Waals surface area (Å²) in [6.45, 7) is 1.02. The molecule has 22 heavy (non-hydrogen) atoms. The molecule has 2 N–H and O–H groups in total. The zero-order valence-electron chi connectivity index (χ0n) is 11.8. The van der Waals surface area contributed by atoms with Crippen molar-refractivity contribution < 1.29 is 17.6 Å². The molecule has 0 saturated carbocycles. The Morgan fingerprint density at radius 1 is 1.27 bits per heavy atom. The number of nitrogens with two attached hydrogens (primary N) is 1. The first-order valence-corrected chi connectivity index (χ1v) is 8.65. The van der Waals surface area contributed by atoms with E-state index in [1.165, 1.54) is 23.1 Å². The van der Waals surface area contributed by atoms with E-state index in [-0.39, 0.29) is 42.5 Å². The molecule has 0 spiro atoms. The van der Waals surface area contributed by atoms with Gasteiger partial charge in [0.05, 0.1) is 6.42 Å². The van der Waals surface area contributed by atoms with Gasteiger partial charge >= 0.3 is 0 Å². The molecule has 1 heterocycles. The van der Waals surface area contributed by atoms with Gasteiger partial charge in [0, 0.05) is 36.8 Å². The van der Waals surface area contributed by atoms with Gasteiger partial charge in [-0.3, -0.25) is 4.79 Å². The maximum Gasteiger partial charge on any atom is 0.276 e. The monoisotopic (exact) mass is 349 g/mol. The summed E-state index contributed by atoms with van der Waals surface area (Å²) in [7, 11) is -3.76. The van der Waals surface area contributed by atoms with E-state index >= 15 is 0 Å². The number of halogens is 2. The third-order valence-electron chi connectivity index (χ3n) is 3.56. The molecule has 0 unspecified atom stereocenters. The number of rotatable bonds is 3. The van der Waals surface area contributed by atoms with Crippen LogP contribution in [0, 0.1) is 5.82 Å². The Labute approximate surface area is 133 Å². The van der Waals surface area contributed by atoms with Crippen LogP contribution >= 0.6 is 11.6 Å². The predicted octanol–water partition coefficient (Wildman–Crippen LogP) is 0.759. The fourth-order valence-corrected chi connectivity index (χ4v) is 3.31. The van der Waals surface area contributed by atoms with Crippen molar-refractivity contribution in [1.82, 2.24) is 9.21 Å². The topological polar surface area (TPSA) is 83.7 Å². The van der Waals surface area contributed by atoms with Crippen LogP contribution in [0.1, 0.15) is 12.0 Å². The SMILES string of the molecule is NS(=O)(=O)N1CCCN(C(=O)Cc2c(F)cccc2Cl)CC1. The first-order valence-electron chi connectivity index (χ1n) is 6.77. The van der Waals surface area contributed by atoms with Crippen molar-refractivity contribution in [3.8, 4) is 0 Å². The van der Waals surface area contributed by atoms with Gasteiger partial charge in [-0.2, -0.15) is 12.7 Å². The van der Waals surface area contributed by atoms with E-state index in [1.54, 1.807) is 0 Å². The van der Waals surface area contributed by atoms with E-state index in [4.69, 9.17) is 16.7 Å². The van der Waals surface area contributed by atoms with Gasteiger partial charge in [-0.05, 0) is 18.6 Å². The lowest BCUT2D eigenvalue weighted by Gasteiger charge is -2.21. The second kappa shape index (κ2) is 6.91. The van der Waals surface area contributed by atoms with E-state index in [0.29, 0.717) is 13.0 Å². The smallest absolute Gasteiger partial charge is 0.276 e. The zero-order chi connectivity index (χ0) is 16.3. The maximum atomic E-state index is 13.7. The van der Waals surface area contributed by atoms with E-state index in [2.05, 4.69) is 0 Å². The van der Waals surface area contributed by atoms with E-state index in [0.717, 1.165) is 4.31 Å². The normalized spacial score (nSPS) is 17.3. The van der Waals surface area contributed by atoms with Crippen LogP contribution in [-0.4, -0.2) is 49.7 Å². The quantitative estimate of drug-likeness (QED) is 0.874. The summed E-state index contributed by atoms with van der Waals surface area (Å²) in [6.07, 6.45) is 0.327. The van der Waals surface area contributed by atoms with Crippen molar-refractivity contribution in [3.05, 3.63) is 34.6 Å². The summed E-state index contributed by atoms with van der Waals surface area (Å²) >= 11 is 5.91. The molecule has 0 aliphatic carbocycles. The molecule has 1 saturated heterocycles. The third-order valence-corrected chi connectivity index (χ3v) is 5.00. The number of nitrogens with zero attached hydrogens (tertiary/aromatic N) is 2. The molecule has 1 amide bonds. The molecule has 1 aromatic carbocycles. The van der Waals surface area contributed by atoms with E-state index in [1.807, 2.05) is 0 Å². The van der Waals surface area contributed by atoms with Gasteiger partial charge < -0.3 is 4.90 Å². The van der Waals surface area contributed by atoms with Crippen molar-refractivity contribution in [3.63, 3.8) is 0 Å². The summed E-state index contributed by atoms with van der Waals surface area (Å²) < 4.78 is 37.5. The van der Waals surface area contributed by atoms with Crippen LogP contribution in [0.15, 0.2) is 18.2 Å². The van der Waals surface area contributed by atoms with E-state index in [9.17, 15) is 17.6 Å². The predicted molar refractivity (Wildman–Crippen MR) is 81.0 cm³/mol. The Kier molecular flexibility index (Phi) is 5.38. The summed E-state index contributed by atoms with van der Waals surface area (Å²) in [5.74, 6) is -0.815. The summed E-state index contributed by atoms with van der Waals surface area (Å²) in [4.78, 5) is 13.8. The highest BCUT2D eigenvalue weighted by Crippen LogP contribution is 2.20. The Hall–Kier alpha value is -1.22. The van der Waals surface area contributed by atoms with Crippen molar-refractivity contribution in [2.75, 3.05) is 26.2 Å². The van der Waals surface area contributed by atoms with Crippen molar-refractivity contribution in [2.24, 2.45) is 5.14 Å². The zero-order valence-corrected chi connectivity index (χ0v) is 13.4. The van der Waals surface area contributed by atoms with Crippen LogP contribution in [0.4, 0.5) is 4.39 Å². The molecule has 0 radical (unpaired) electrons. The fraction of sp³-hybridized carbons (Fsp3) is 0.462. The highest BCUT2D eigenvalue weighted by atomic mass is 35.5. The van der Waals surface area contributed by atoms with Crippen LogP contribution in [0.5, 0.6) is 0 Å². The molecule has 6 nitrogen and oxygen atoms in total. The average Bonchev–Trinajstić information content (AvgIpc) is 2.68. The number of amides is 1. The van der Waals surface area contributed by atoms with Gasteiger partial charge in [-0.15, -0.1) is 0 Å². The van der Waals surface area contributed by atoms with Crippen molar-refractivity contribution in [2.45, 2.75) is 12.8 Å². The summed E-state index contributed by atoms with van der Waals surface area (Å²) in [5.41, 5.74) is 0.154. The molecule has 1 aliphatic rings. The average molecular weight is 350 g/mol. The van der Waals surface area contributed by atoms with Crippen LogP contribution in [0.2, 0.25) is 5.02 Å². The minimum absolute atomic E-state index is 0.135. The summed E-state index contributed by atoms with van der Waals surface area (Å²) in [5, 5.41) is 5.30. The van der Waals surface area contributed by atoms with Gasteiger partial charge in [-0.1, -0.05) is 17.7 Å².